The maximum absolute atomic E-state index is 11.9. The lowest BCUT2D eigenvalue weighted by Gasteiger charge is -2.26. The molecule has 1 amide bonds. The van der Waals surface area contributed by atoms with E-state index in [9.17, 15) is 4.79 Å². The highest BCUT2D eigenvalue weighted by molar-refractivity contribution is 5.78. The summed E-state index contributed by atoms with van der Waals surface area (Å²) in [4.78, 5) is 13.1. The van der Waals surface area contributed by atoms with E-state index in [-0.39, 0.29) is 5.91 Å². The highest BCUT2D eigenvalue weighted by Crippen LogP contribution is 2.38. The van der Waals surface area contributed by atoms with Crippen LogP contribution in [0.1, 0.15) is 19.8 Å². The minimum atomic E-state index is -0.664. The van der Waals surface area contributed by atoms with Gasteiger partial charge in [0.2, 0.25) is 0 Å². The standard InChI is InChI=1S/C12H19N3O2/c1-12(9-13,10-2-3-10)14-11(16)8-15-4-6-17-7-5-15/h10H,2-8H2,1H3,(H,14,16)/p+1/t12-/m0/s1. The molecule has 1 saturated carbocycles. The van der Waals surface area contributed by atoms with Crippen molar-refractivity contribution in [3.05, 3.63) is 0 Å². The third-order valence-corrected chi connectivity index (χ3v) is 3.64. The van der Waals surface area contributed by atoms with Crippen molar-refractivity contribution in [3.63, 3.8) is 0 Å². The van der Waals surface area contributed by atoms with Gasteiger partial charge in [-0.25, -0.2) is 0 Å². The van der Waals surface area contributed by atoms with Gasteiger partial charge in [-0.3, -0.25) is 4.79 Å². The molecule has 1 atom stereocenters. The maximum Gasteiger partial charge on any atom is 0.276 e. The minimum Gasteiger partial charge on any atom is -0.370 e. The van der Waals surface area contributed by atoms with Crippen LogP contribution in [0.15, 0.2) is 0 Å². The van der Waals surface area contributed by atoms with E-state index in [0.29, 0.717) is 12.5 Å². The Morgan fingerprint density at radius 2 is 2.18 bits per heavy atom. The normalized spacial score (nSPS) is 24.7. The maximum atomic E-state index is 11.9. The van der Waals surface area contributed by atoms with Crippen LogP contribution < -0.4 is 10.2 Å². The van der Waals surface area contributed by atoms with Crippen LogP contribution >= 0.6 is 0 Å². The number of amides is 1. The van der Waals surface area contributed by atoms with E-state index < -0.39 is 5.54 Å². The zero-order chi connectivity index (χ0) is 12.3. The van der Waals surface area contributed by atoms with Crippen molar-refractivity contribution in [1.29, 1.82) is 5.26 Å². The number of ether oxygens (including phenoxy) is 1. The second-order valence-corrected chi connectivity index (χ2v) is 5.18. The lowest BCUT2D eigenvalue weighted by molar-refractivity contribution is -0.900. The van der Waals surface area contributed by atoms with Gasteiger partial charge in [-0.05, 0) is 25.7 Å². The van der Waals surface area contributed by atoms with Gasteiger partial charge in [0.1, 0.15) is 18.6 Å². The molecule has 0 aromatic carbocycles. The molecular formula is C12H20N3O2+. The fourth-order valence-corrected chi connectivity index (χ4v) is 2.28. The molecule has 2 rings (SSSR count). The molecular weight excluding hydrogens is 218 g/mol. The first-order chi connectivity index (χ1) is 8.14. The zero-order valence-electron chi connectivity index (χ0n) is 10.3. The van der Waals surface area contributed by atoms with Gasteiger partial charge in [-0.15, -0.1) is 0 Å². The highest BCUT2D eigenvalue weighted by atomic mass is 16.5. The van der Waals surface area contributed by atoms with Gasteiger partial charge < -0.3 is 15.0 Å². The number of morpholine rings is 1. The number of quaternary nitrogens is 1. The molecule has 2 fully saturated rings. The first-order valence-electron chi connectivity index (χ1n) is 6.27. The summed E-state index contributed by atoms with van der Waals surface area (Å²) in [6, 6.07) is 2.24. The monoisotopic (exact) mass is 238 g/mol. The number of carbonyl (C=O) groups is 1. The van der Waals surface area contributed by atoms with E-state index in [2.05, 4.69) is 11.4 Å². The number of hydrogen-bond acceptors (Lipinski definition) is 3. The molecule has 5 heteroatoms. The van der Waals surface area contributed by atoms with Crippen LogP contribution in [0.3, 0.4) is 0 Å². The molecule has 0 unspecified atom stereocenters. The number of rotatable bonds is 4. The minimum absolute atomic E-state index is 0.0159. The van der Waals surface area contributed by atoms with Crippen LogP contribution in [0.25, 0.3) is 0 Å². The van der Waals surface area contributed by atoms with Gasteiger partial charge in [0, 0.05) is 0 Å². The summed E-state index contributed by atoms with van der Waals surface area (Å²) in [5.41, 5.74) is -0.664. The van der Waals surface area contributed by atoms with Gasteiger partial charge in [-0.1, -0.05) is 0 Å². The summed E-state index contributed by atoms with van der Waals surface area (Å²) >= 11 is 0. The summed E-state index contributed by atoms with van der Waals surface area (Å²) < 4.78 is 5.25. The largest absolute Gasteiger partial charge is 0.370 e. The van der Waals surface area contributed by atoms with Crippen LogP contribution in [0.2, 0.25) is 0 Å². The van der Waals surface area contributed by atoms with E-state index in [0.717, 1.165) is 39.1 Å². The smallest absolute Gasteiger partial charge is 0.276 e. The molecule has 17 heavy (non-hydrogen) atoms. The first kappa shape index (κ1) is 12.3. The van der Waals surface area contributed by atoms with E-state index in [1.807, 2.05) is 6.92 Å². The molecule has 1 aliphatic carbocycles. The molecule has 0 bridgehead atoms. The molecule has 0 spiro atoms. The summed E-state index contributed by atoms with van der Waals surface area (Å²) in [6.45, 7) is 5.48. The summed E-state index contributed by atoms with van der Waals surface area (Å²) in [5, 5.41) is 12.0. The Bertz CT molecular complexity index is 329. The number of carbonyl (C=O) groups excluding carboxylic acids is 1. The van der Waals surface area contributed by atoms with Crippen LogP contribution in [0.5, 0.6) is 0 Å². The van der Waals surface area contributed by atoms with Crippen LogP contribution in [-0.2, 0) is 9.53 Å². The molecule has 1 saturated heterocycles. The van der Waals surface area contributed by atoms with Gasteiger partial charge in [0.15, 0.2) is 6.54 Å². The Morgan fingerprint density at radius 1 is 1.53 bits per heavy atom. The van der Waals surface area contributed by atoms with Gasteiger partial charge in [0.05, 0.1) is 19.3 Å². The Hall–Kier alpha value is -1.12. The lowest BCUT2D eigenvalue weighted by Crippen LogP contribution is -3.15. The Kier molecular flexibility index (Phi) is 3.65. The lowest BCUT2D eigenvalue weighted by atomic mass is 9.98. The Balaban J connectivity index is 1.81. The average Bonchev–Trinajstić information content (AvgIpc) is 3.14. The fourth-order valence-electron chi connectivity index (χ4n) is 2.28. The molecule has 0 aromatic heterocycles. The van der Waals surface area contributed by atoms with Crippen molar-refractivity contribution in [2.45, 2.75) is 25.3 Å². The van der Waals surface area contributed by atoms with Crippen LogP contribution in [0.4, 0.5) is 0 Å². The average molecular weight is 238 g/mol. The predicted octanol–water partition coefficient (Wildman–Crippen LogP) is -1.29. The zero-order valence-corrected chi connectivity index (χ0v) is 10.3. The second kappa shape index (κ2) is 5.03. The SMILES string of the molecule is C[C@@](C#N)(NC(=O)C[NH+]1CCOCC1)C1CC1. The Morgan fingerprint density at radius 3 is 2.71 bits per heavy atom. The third kappa shape index (κ3) is 3.18. The molecule has 1 aliphatic heterocycles. The number of nitrogens with one attached hydrogen (secondary N) is 2. The van der Waals surface area contributed by atoms with Crippen molar-refractivity contribution < 1.29 is 14.4 Å². The quantitative estimate of drug-likeness (QED) is 0.640. The molecule has 5 nitrogen and oxygen atoms in total. The van der Waals surface area contributed by atoms with Gasteiger partial charge in [0.25, 0.3) is 5.91 Å². The third-order valence-electron chi connectivity index (χ3n) is 3.64. The summed E-state index contributed by atoms with van der Waals surface area (Å²) in [6.07, 6.45) is 2.10. The molecule has 2 N–H and O–H groups in total. The Labute approximate surface area is 102 Å². The molecule has 94 valence electrons. The summed E-state index contributed by atoms with van der Waals surface area (Å²) in [5.74, 6) is 0.328. The van der Waals surface area contributed by atoms with E-state index in [1.54, 1.807) is 0 Å². The van der Waals surface area contributed by atoms with E-state index >= 15 is 0 Å². The van der Waals surface area contributed by atoms with Crippen molar-refractivity contribution in [2.75, 3.05) is 32.8 Å². The topological polar surface area (TPSA) is 66.6 Å². The van der Waals surface area contributed by atoms with Crippen molar-refractivity contribution in [1.82, 2.24) is 5.32 Å². The molecule has 0 aromatic rings. The van der Waals surface area contributed by atoms with E-state index in [1.165, 1.54) is 4.90 Å². The summed E-state index contributed by atoms with van der Waals surface area (Å²) in [7, 11) is 0. The first-order valence-corrected chi connectivity index (χ1v) is 6.27. The fraction of sp³-hybridized carbons (Fsp3) is 0.833. The molecule has 1 heterocycles. The number of hydrogen-bond donors (Lipinski definition) is 2. The van der Waals surface area contributed by atoms with Gasteiger partial charge in [-0.2, -0.15) is 5.26 Å². The van der Waals surface area contributed by atoms with Crippen LogP contribution in [-0.4, -0.2) is 44.3 Å². The highest BCUT2D eigenvalue weighted by Gasteiger charge is 2.43. The van der Waals surface area contributed by atoms with Crippen molar-refractivity contribution >= 4 is 5.91 Å². The molecule has 0 radical (unpaired) electrons. The van der Waals surface area contributed by atoms with E-state index in [4.69, 9.17) is 10.00 Å². The predicted molar refractivity (Wildman–Crippen MR) is 61.3 cm³/mol. The van der Waals surface area contributed by atoms with Gasteiger partial charge >= 0.3 is 0 Å². The number of nitrogens with zero attached hydrogens (tertiary/aromatic N) is 1. The van der Waals surface area contributed by atoms with Crippen molar-refractivity contribution in [3.8, 4) is 6.07 Å². The van der Waals surface area contributed by atoms with Crippen molar-refractivity contribution in [2.24, 2.45) is 5.92 Å². The molecule has 2 aliphatic rings. The van der Waals surface area contributed by atoms with Crippen LogP contribution in [0, 0.1) is 17.2 Å². The second-order valence-electron chi connectivity index (χ2n) is 5.18. The number of nitriles is 1.